The zero-order valence-corrected chi connectivity index (χ0v) is 15.6. The van der Waals surface area contributed by atoms with E-state index in [0.29, 0.717) is 6.61 Å². The van der Waals surface area contributed by atoms with Crippen LogP contribution in [-0.4, -0.2) is 25.2 Å². The van der Waals surface area contributed by atoms with Crippen LogP contribution in [0.5, 0.6) is 0 Å². The van der Waals surface area contributed by atoms with E-state index in [-0.39, 0.29) is 0 Å². The first-order chi connectivity index (χ1) is 10.2. The van der Waals surface area contributed by atoms with Crippen LogP contribution in [0, 0.1) is 0 Å². The molecule has 3 nitrogen and oxygen atoms in total. The molecule has 0 aliphatic carbocycles. The third-order valence-corrected chi connectivity index (χ3v) is 5.27. The highest BCUT2D eigenvalue weighted by Crippen LogP contribution is 2.35. The lowest BCUT2D eigenvalue weighted by Crippen LogP contribution is -2.18. The van der Waals surface area contributed by atoms with E-state index in [4.69, 9.17) is 4.74 Å². The maximum atomic E-state index is 5.05. The van der Waals surface area contributed by atoms with Crippen molar-refractivity contribution in [3.8, 4) is 0 Å². The van der Waals surface area contributed by atoms with Crippen molar-refractivity contribution in [2.75, 3.05) is 20.3 Å². The maximum Gasteiger partial charge on any atom is 0.115 e. The Morgan fingerprint density at radius 3 is 2.90 bits per heavy atom. The fraction of sp³-hybridized carbons (Fsp3) is 0.267. The maximum absolute atomic E-state index is 5.05. The summed E-state index contributed by atoms with van der Waals surface area (Å²) in [4.78, 5) is 5.60. The number of hydrogen-bond donors (Lipinski definition) is 1. The zero-order chi connectivity index (χ0) is 15.1. The second kappa shape index (κ2) is 8.90. The monoisotopic (exact) mass is 430 g/mol. The van der Waals surface area contributed by atoms with Crippen molar-refractivity contribution < 1.29 is 4.74 Å². The molecule has 0 spiro atoms. The number of methoxy groups -OCH3 is 1. The van der Waals surface area contributed by atoms with Gasteiger partial charge >= 0.3 is 0 Å². The Kier molecular flexibility index (Phi) is 7.19. The second-order valence-electron chi connectivity index (χ2n) is 4.31. The Hall–Kier alpha value is -0.400. The average molecular weight is 432 g/mol. The molecule has 2 aromatic rings. The Morgan fingerprint density at radius 1 is 1.29 bits per heavy atom. The average Bonchev–Trinajstić information content (AvgIpc) is 2.48. The molecule has 0 aliphatic heterocycles. The lowest BCUT2D eigenvalue weighted by molar-refractivity contribution is 0.199. The third kappa shape index (κ3) is 5.38. The van der Waals surface area contributed by atoms with Gasteiger partial charge in [-0.05, 0) is 45.8 Å². The molecule has 1 aromatic carbocycles. The van der Waals surface area contributed by atoms with Gasteiger partial charge in [0.2, 0.25) is 0 Å². The predicted molar refractivity (Wildman–Crippen MR) is 93.8 cm³/mol. The molecule has 112 valence electrons. The van der Waals surface area contributed by atoms with Gasteiger partial charge in [-0.1, -0.05) is 33.8 Å². The molecule has 0 saturated carbocycles. The van der Waals surface area contributed by atoms with Gasteiger partial charge in [0.15, 0.2) is 0 Å². The Labute approximate surface area is 146 Å². The first-order valence-electron chi connectivity index (χ1n) is 6.47. The van der Waals surface area contributed by atoms with E-state index in [1.54, 1.807) is 18.9 Å². The van der Waals surface area contributed by atoms with Gasteiger partial charge < -0.3 is 10.1 Å². The Bertz CT molecular complexity index is 596. The second-order valence-corrected chi connectivity index (χ2v) is 7.11. The summed E-state index contributed by atoms with van der Waals surface area (Å²) in [7, 11) is 1.71. The summed E-state index contributed by atoms with van der Waals surface area (Å²) in [6.07, 6.45) is 1.81. The van der Waals surface area contributed by atoms with Crippen LogP contribution >= 0.6 is 43.6 Å². The summed E-state index contributed by atoms with van der Waals surface area (Å²) in [6.45, 7) is 2.36. The number of hydrogen-bond acceptors (Lipinski definition) is 4. The summed E-state index contributed by atoms with van der Waals surface area (Å²) in [5.74, 6) is 0. The standard InChI is InChI=1S/C15H16Br2N2OS/c1-20-8-7-18-10-11-4-5-12(16)9-14(11)21-15-13(17)3-2-6-19-15/h2-6,9,18H,7-8,10H2,1H3. The van der Waals surface area contributed by atoms with Gasteiger partial charge in [-0.3, -0.25) is 0 Å². The minimum Gasteiger partial charge on any atom is -0.383 e. The van der Waals surface area contributed by atoms with Gasteiger partial charge in [0, 0.05) is 35.8 Å². The number of rotatable bonds is 7. The smallest absolute Gasteiger partial charge is 0.115 e. The van der Waals surface area contributed by atoms with E-state index in [1.165, 1.54) is 10.5 Å². The Balaban J connectivity index is 2.13. The molecular weight excluding hydrogens is 416 g/mol. The van der Waals surface area contributed by atoms with Crippen LogP contribution in [0.4, 0.5) is 0 Å². The number of halogens is 2. The summed E-state index contributed by atoms with van der Waals surface area (Å²) in [5.41, 5.74) is 1.25. The summed E-state index contributed by atoms with van der Waals surface area (Å²) in [5, 5.41) is 4.34. The molecule has 1 N–H and O–H groups in total. The van der Waals surface area contributed by atoms with Crippen LogP contribution in [0.15, 0.2) is 55.4 Å². The van der Waals surface area contributed by atoms with Crippen molar-refractivity contribution in [1.29, 1.82) is 0 Å². The minimum atomic E-state index is 0.713. The first-order valence-corrected chi connectivity index (χ1v) is 8.87. The van der Waals surface area contributed by atoms with Gasteiger partial charge in [-0.2, -0.15) is 0 Å². The molecule has 6 heteroatoms. The van der Waals surface area contributed by atoms with Gasteiger partial charge in [0.25, 0.3) is 0 Å². The first kappa shape index (κ1) is 17.0. The van der Waals surface area contributed by atoms with E-state index in [1.807, 2.05) is 18.3 Å². The molecule has 2 rings (SSSR count). The predicted octanol–water partition coefficient (Wildman–Crippen LogP) is 4.49. The van der Waals surface area contributed by atoms with Crippen LogP contribution in [0.1, 0.15) is 5.56 Å². The molecule has 0 fully saturated rings. The molecular formula is C15H16Br2N2OS. The van der Waals surface area contributed by atoms with Crippen LogP contribution < -0.4 is 5.32 Å². The molecule has 1 heterocycles. The van der Waals surface area contributed by atoms with Crippen molar-refractivity contribution in [3.05, 3.63) is 51.0 Å². The quantitative estimate of drug-likeness (QED) is 0.654. The number of nitrogens with one attached hydrogen (secondary N) is 1. The van der Waals surface area contributed by atoms with E-state index in [9.17, 15) is 0 Å². The molecule has 0 saturated heterocycles. The zero-order valence-electron chi connectivity index (χ0n) is 11.6. The summed E-state index contributed by atoms with van der Waals surface area (Å²) < 4.78 is 7.12. The summed E-state index contributed by atoms with van der Waals surface area (Å²) >= 11 is 8.74. The van der Waals surface area contributed by atoms with Gasteiger partial charge in [0.05, 0.1) is 11.1 Å². The minimum absolute atomic E-state index is 0.713. The fourth-order valence-corrected chi connectivity index (χ4v) is 3.67. The van der Waals surface area contributed by atoms with Gasteiger partial charge in [-0.15, -0.1) is 0 Å². The van der Waals surface area contributed by atoms with Crippen LogP contribution in [0.2, 0.25) is 0 Å². The van der Waals surface area contributed by atoms with Gasteiger partial charge in [-0.25, -0.2) is 4.98 Å². The number of ether oxygens (including phenoxy) is 1. The highest BCUT2D eigenvalue weighted by molar-refractivity contribution is 9.10. The molecule has 0 bridgehead atoms. The molecule has 0 radical (unpaired) electrons. The molecule has 0 aliphatic rings. The van der Waals surface area contributed by atoms with Crippen molar-refractivity contribution >= 4 is 43.6 Å². The van der Waals surface area contributed by atoms with E-state index in [0.717, 1.165) is 27.1 Å². The van der Waals surface area contributed by atoms with Gasteiger partial charge in [0.1, 0.15) is 5.03 Å². The van der Waals surface area contributed by atoms with E-state index < -0.39 is 0 Å². The molecule has 0 atom stereocenters. The van der Waals surface area contributed by atoms with E-state index in [2.05, 4.69) is 60.4 Å². The highest BCUT2D eigenvalue weighted by Gasteiger charge is 2.08. The number of pyridine rings is 1. The van der Waals surface area contributed by atoms with Crippen LogP contribution in [0.3, 0.4) is 0 Å². The third-order valence-electron chi connectivity index (χ3n) is 2.76. The van der Waals surface area contributed by atoms with E-state index >= 15 is 0 Å². The summed E-state index contributed by atoms with van der Waals surface area (Å²) in [6, 6.07) is 10.2. The molecule has 0 amide bonds. The molecule has 1 aromatic heterocycles. The van der Waals surface area contributed by atoms with Crippen LogP contribution in [0.25, 0.3) is 0 Å². The number of benzene rings is 1. The fourth-order valence-electron chi connectivity index (χ4n) is 1.72. The lowest BCUT2D eigenvalue weighted by Gasteiger charge is -2.11. The SMILES string of the molecule is COCCNCc1ccc(Br)cc1Sc1ncccc1Br. The van der Waals surface area contributed by atoms with Crippen LogP contribution in [-0.2, 0) is 11.3 Å². The topological polar surface area (TPSA) is 34.1 Å². The van der Waals surface area contributed by atoms with Crippen molar-refractivity contribution in [3.63, 3.8) is 0 Å². The number of aromatic nitrogens is 1. The lowest BCUT2D eigenvalue weighted by atomic mass is 10.2. The normalized spacial score (nSPS) is 10.8. The Morgan fingerprint density at radius 2 is 2.14 bits per heavy atom. The van der Waals surface area contributed by atoms with Crippen molar-refractivity contribution in [2.45, 2.75) is 16.5 Å². The molecule has 0 unspecified atom stereocenters. The van der Waals surface area contributed by atoms with Crippen molar-refractivity contribution in [2.24, 2.45) is 0 Å². The number of nitrogens with zero attached hydrogens (tertiary/aromatic N) is 1. The largest absolute Gasteiger partial charge is 0.383 e. The highest BCUT2D eigenvalue weighted by atomic mass is 79.9. The molecule has 21 heavy (non-hydrogen) atoms. The van der Waals surface area contributed by atoms with Crippen molar-refractivity contribution in [1.82, 2.24) is 10.3 Å².